The van der Waals surface area contributed by atoms with Gasteiger partial charge in [0.05, 0.1) is 0 Å². The smallest absolute Gasteiger partial charge is 0.233 e. The van der Waals surface area contributed by atoms with E-state index < -0.39 is 0 Å². The van der Waals surface area contributed by atoms with Crippen molar-refractivity contribution in [1.82, 2.24) is 10.2 Å². The molecule has 0 aliphatic carbocycles. The van der Waals surface area contributed by atoms with Gasteiger partial charge in [0.2, 0.25) is 5.91 Å². The lowest BCUT2D eigenvalue weighted by Crippen LogP contribution is -2.57. The van der Waals surface area contributed by atoms with Crippen LogP contribution >= 0.6 is 22.7 Å². The second-order valence-corrected chi connectivity index (χ2v) is 8.18. The number of rotatable bonds is 4. The van der Waals surface area contributed by atoms with Gasteiger partial charge in [-0.1, -0.05) is 12.1 Å². The molecular weight excluding hydrogens is 312 g/mol. The van der Waals surface area contributed by atoms with Crippen molar-refractivity contribution in [2.45, 2.75) is 24.8 Å². The number of amides is 1. The van der Waals surface area contributed by atoms with Gasteiger partial charge in [0.15, 0.2) is 0 Å². The van der Waals surface area contributed by atoms with E-state index in [2.05, 4.69) is 33.1 Å². The van der Waals surface area contributed by atoms with E-state index in [-0.39, 0.29) is 11.8 Å². The highest BCUT2D eigenvalue weighted by Crippen LogP contribution is 2.33. The summed E-state index contributed by atoms with van der Waals surface area (Å²) in [6.07, 6.45) is 2.46. The summed E-state index contributed by atoms with van der Waals surface area (Å²) >= 11 is 3.34. The third-order valence-corrected chi connectivity index (χ3v) is 6.78. The summed E-state index contributed by atoms with van der Waals surface area (Å²) in [6.45, 7) is 3.44. The van der Waals surface area contributed by atoms with Crippen LogP contribution in [0.5, 0.6) is 0 Å². The van der Waals surface area contributed by atoms with Crippen LogP contribution < -0.4 is 5.32 Å². The lowest BCUT2D eigenvalue weighted by Gasteiger charge is -2.45. The van der Waals surface area contributed by atoms with E-state index in [1.54, 1.807) is 22.7 Å². The lowest BCUT2D eigenvalue weighted by molar-refractivity contribution is -0.123. The maximum Gasteiger partial charge on any atom is 0.233 e. The van der Waals surface area contributed by atoms with Gasteiger partial charge in [-0.15, -0.1) is 22.7 Å². The van der Waals surface area contributed by atoms with E-state index in [9.17, 15) is 4.79 Å². The summed E-state index contributed by atoms with van der Waals surface area (Å²) in [7, 11) is 0. The quantitative estimate of drug-likeness (QED) is 0.933. The monoisotopic (exact) mass is 332 g/mol. The minimum absolute atomic E-state index is 0.143. The zero-order valence-electron chi connectivity index (χ0n) is 12.4. The second kappa shape index (κ2) is 6.14. The number of nitrogens with one attached hydrogen (secondary N) is 1. The Bertz CT molecular complexity index is 581. The molecule has 1 atom stereocenters. The third-order valence-electron chi connectivity index (χ3n) is 4.90. The predicted molar refractivity (Wildman–Crippen MR) is 91.6 cm³/mol. The first-order chi connectivity index (χ1) is 10.8. The van der Waals surface area contributed by atoms with Gasteiger partial charge in [-0.3, -0.25) is 4.79 Å². The molecule has 0 spiro atoms. The fourth-order valence-corrected chi connectivity index (χ4v) is 5.46. The van der Waals surface area contributed by atoms with Crippen LogP contribution in [0.15, 0.2) is 35.0 Å². The lowest BCUT2D eigenvalue weighted by atomic mass is 9.83. The molecule has 5 rings (SSSR count). The molecule has 0 radical (unpaired) electrons. The molecule has 22 heavy (non-hydrogen) atoms. The van der Waals surface area contributed by atoms with E-state index in [4.69, 9.17) is 0 Å². The topological polar surface area (TPSA) is 32.3 Å². The van der Waals surface area contributed by atoms with Crippen LogP contribution in [0.2, 0.25) is 0 Å². The van der Waals surface area contributed by atoms with E-state index in [1.807, 2.05) is 12.1 Å². The molecule has 3 aliphatic heterocycles. The molecule has 0 aromatic carbocycles. The number of hydrogen-bond acceptors (Lipinski definition) is 4. The van der Waals surface area contributed by atoms with E-state index in [1.165, 1.54) is 25.9 Å². The number of carbonyl (C=O) groups is 1. The van der Waals surface area contributed by atoms with Gasteiger partial charge >= 0.3 is 0 Å². The minimum Gasteiger partial charge on any atom is -0.351 e. The average molecular weight is 332 g/mol. The van der Waals surface area contributed by atoms with Crippen LogP contribution in [0.1, 0.15) is 28.5 Å². The van der Waals surface area contributed by atoms with Crippen molar-refractivity contribution in [3.05, 3.63) is 44.8 Å². The summed E-state index contributed by atoms with van der Waals surface area (Å²) in [5, 5.41) is 7.47. The maximum absolute atomic E-state index is 13.0. The van der Waals surface area contributed by atoms with Gasteiger partial charge in [0.25, 0.3) is 0 Å². The van der Waals surface area contributed by atoms with Gasteiger partial charge in [0.1, 0.15) is 5.92 Å². The van der Waals surface area contributed by atoms with Crippen molar-refractivity contribution in [2.24, 2.45) is 5.92 Å². The zero-order chi connectivity index (χ0) is 14.9. The molecule has 2 aromatic heterocycles. The number of nitrogens with zero attached hydrogens (tertiary/aromatic N) is 1. The fourth-order valence-electron chi connectivity index (χ4n) is 3.70. The number of fused-ring (bicyclic) bond motifs is 3. The van der Waals surface area contributed by atoms with Crippen LogP contribution in [0.4, 0.5) is 0 Å². The molecule has 0 saturated carbocycles. The van der Waals surface area contributed by atoms with Crippen LogP contribution in [-0.4, -0.2) is 36.5 Å². The Labute approximate surface area is 139 Å². The van der Waals surface area contributed by atoms with Crippen molar-refractivity contribution in [2.75, 3.05) is 19.6 Å². The minimum atomic E-state index is -0.143. The first kappa shape index (κ1) is 14.4. The molecule has 116 valence electrons. The third kappa shape index (κ3) is 2.73. The molecule has 3 fully saturated rings. The first-order valence-electron chi connectivity index (χ1n) is 7.91. The van der Waals surface area contributed by atoms with Crippen molar-refractivity contribution in [3.8, 4) is 0 Å². The van der Waals surface area contributed by atoms with Crippen LogP contribution in [0.25, 0.3) is 0 Å². The Morgan fingerprint density at radius 1 is 1.14 bits per heavy atom. The Hall–Kier alpha value is -1.17. The highest BCUT2D eigenvalue weighted by Gasteiger charge is 2.36. The van der Waals surface area contributed by atoms with E-state index in [0.29, 0.717) is 12.0 Å². The summed E-state index contributed by atoms with van der Waals surface area (Å²) < 4.78 is 0. The van der Waals surface area contributed by atoms with Crippen molar-refractivity contribution < 1.29 is 4.79 Å². The standard InChI is InChI=1S/C17H20N2OS2/c20-17(18-13-11-19-7-5-12(13)6-8-19)16(14-3-1-9-21-14)15-4-2-10-22-15/h1-4,9-10,12-13,16H,5-8,11H2,(H,18,20)/t13-/m0/s1. The molecular formula is C17H20N2OS2. The summed E-state index contributed by atoms with van der Waals surface area (Å²) in [4.78, 5) is 17.7. The molecule has 2 aromatic rings. The van der Waals surface area contributed by atoms with Gasteiger partial charge in [0, 0.05) is 22.3 Å². The van der Waals surface area contributed by atoms with Gasteiger partial charge in [-0.05, 0) is 54.7 Å². The molecule has 1 amide bonds. The molecule has 3 aliphatic rings. The highest BCUT2D eigenvalue weighted by molar-refractivity contribution is 7.11. The van der Waals surface area contributed by atoms with E-state index >= 15 is 0 Å². The average Bonchev–Trinajstić information content (AvgIpc) is 3.23. The Morgan fingerprint density at radius 3 is 2.23 bits per heavy atom. The maximum atomic E-state index is 13.0. The van der Waals surface area contributed by atoms with Crippen LogP contribution in [-0.2, 0) is 4.79 Å². The summed E-state index contributed by atoms with van der Waals surface area (Å²) in [5.41, 5.74) is 0. The molecule has 3 saturated heterocycles. The number of carbonyl (C=O) groups excluding carboxylic acids is 1. The van der Waals surface area contributed by atoms with E-state index in [0.717, 1.165) is 16.3 Å². The normalized spacial score (nSPS) is 27.2. The summed E-state index contributed by atoms with van der Waals surface area (Å²) in [5.74, 6) is 0.695. The molecule has 3 nitrogen and oxygen atoms in total. The number of thiophene rings is 2. The van der Waals surface area contributed by atoms with Gasteiger partial charge in [-0.2, -0.15) is 0 Å². The van der Waals surface area contributed by atoms with Crippen molar-refractivity contribution >= 4 is 28.6 Å². The molecule has 5 heteroatoms. The largest absolute Gasteiger partial charge is 0.351 e. The Kier molecular flexibility index (Phi) is 4.03. The highest BCUT2D eigenvalue weighted by atomic mass is 32.1. The SMILES string of the molecule is O=C(N[C@H]1CN2CCC1CC2)C(c1cccs1)c1cccs1. The molecule has 1 N–H and O–H groups in total. The van der Waals surface area contributed by atoms with Crippen LogP contribution in [0.3, 0.4) is 0 Å². The Morgan fingerprint density at radius 2 is 1.77 bits per heavy atom. The number of piperidine rings is 3. The van der Waals surface area contributed by atoms with Gasteiger partial charge in [-0.25, -0.2) is 0 Å². The van der Waals surface area contributed by atoms with Crippen LogP contribution in [0, 0.1) is 5.92 Å². The zero-order valence-corrected chi connectivity index (χ0v) is 14.0. The Balaban J connectivity index is 1.54. The van der Waals surface area contributed by atoms with Gasteiger partial charge < -0.3 is 10.2 Å². The van der Waals surface area contributed by atoms with Crippen molar-refractivity contribution in [3.63, 3.8) is 0 Å². The fraction of sp³-hybridized carbons (Fsp3) is 0.471. The van der Waals surface area contributed by atoms with Crippen molar-refractivity contribution in [1.29, 1.82) is 0 Å². The molecule has 2 bridgehead atoms. The first-order valence-corrected chi connectivity index (χ1v) is 9.67. The number of hydrogen-bond donors (Lipinski definition) is 1. The second-order valence-electron chi connectivity index (χ2n) is 6.22. The summed E-state index contributed by atoms with van der Waals surface area (Å²) in [6, 6.07) is 8.54. The molecule has 0 unspecified atom stereocenters. The predicted octanol–water partition coefficient (Wildman–Crippen LogP) is 3.15. The molecule has 5 heterocycles.